The Morgan fingerprint density at radius 3 is 2.26 bits per heavy atom. The average Bonchev–Trinajstić information content (AvgIpc) is 3.28. The second-order valence-electron chi connectivity index (χ2n) is 13.1. The summed E-state index contributed by atoms with van der Waals surface area (Å²) in [5.74, 6) is -0.417. The number of pyridine rings is 1. The summed E-state index contributed by atoms with van der Waals surface area (Å²) < 4.78 is 0. The molecule has 2 atom stereocenters. The highest BCUT2D eigenvalue weighted by atomic mass is 16.3. The first kappa shape index (κ1) is 32.8. The fraction of sp³-hybridized carbons (Fsp3) is 0.268. The summed E-state index contributed by atoms with van der Waals surface area (Å²) in [6.07, 6.45) is 2.42. The molecule has 2 saturated heterocycles. The molecule has 4 aromatic carbocycles. The van der Waals surface area contributed by atoms with Gasteiger partial charge in [0.05, 0.1) is 18.0 Å². The Labute approximate surface area is 292 Å². The Morgan fingerprint density at radius 1 is 0.840 bits per heavy atom. The molecule has 0 spiro atoms. The van der Waals surface area contributed by atoms with E-state index in [4.69, 9.17) is 0 Å². The number of nitrogens with one attached hydrogen (secondary N) is 1. The summed E-state index contributed by atoms with van der Waals surface area (Å²) >= 11 is 0. The minimum absolute atomic E-state index is 0.0653. The van der Waals surface area contributed by atoms with Gasteiger partial charge in [0.1, 0.15) is 11.9 Å². The first-order chi connectivity index (χ1) is 24.4. The number of rotatable bonds is 9. The van der Waals surface area contributed by atoms with Crippen molar-refractivity contribution in [3.63, 3.8) is 0 Å². The third-order valence-corrected chi connectivity index (χ3v) is 9.94. The molecule has 9 nitrogen and oxygen atoms in total. The van der Waals surface area contributed by atoms with E-state index in [9.17, 15) is 19.5 Å². The van der Waals surface area contributed by atoms with Gasteiger partial charge >= 0.3 is 6.03 Å². The van der Waals surface area contributed by atoms with Crippen LogP contribution in [-0.4, -0.2) is 75.0 Å². The molecule has 254 valence electrons. The quantitative estimate of drug-likeness (QED) is 0.203. The van der Waals surface area contributed by atoms with Crippen molar-refractivity contribution < 1.29 is 19.5 Å². The predicted octanol–water partition coefficient (Wildman–Crippen LogP) is 5.93. The van der Waals surface area contributed by atoms with E-state index in [2.05, 4.69) is 34.6 Å². The number of carbonyl (C=O) groups excluding carboxylic acids is 3. The van der Waals surface area contributed by atoms with E-state index < -0.39 is 12.1 Å². The smallest absolute Gasteiger partial charge is 0.319 e. The van der Waals surface area contributed by atoms with Gasteiger partial charge in [0.15, 0.2) is 0 Å². The van der Waals surface area contributed by atoms with Crippen molar-refractivity contribution in [1.29, 1.82) is 0 Å². The molecule has 7 rings (SSSR count). The van der Waals surface area contributed by atoms with Gasteiger partial charge in [-0.15, -0.1) is 0 Å². The van der Waals surface area contributed by atoms with Crippen molar-refractivity contribution in [2.75, 3.05) is 26.2 Å². The van der Waals surface area contributed by atoms with Crippen LogP contribution in [0.15, 0.2) is 121 Å². The average molecular weight is 668 g/mol. The molecule has 4 amide bonds. The zero-order chi connectivity index (χ0) is 34.5. The largest absolute Gasteiger partial charge is 0.508 e. The third kappa shape index (κ3) is 7.17. The summed E-state index contributed by atoms with van der Waals surface area (Å²) in [5.41, 5.74) is 4.97. The number of urea groups is 1. The first-order valence-corrected chi connectivity index (χ1v) is 17.3. The second kappa shape index (κ2) is 14.8. The monoisotopic (exact) mass is 667 g/mol. The lowest BCUT2D eigenvalue weighted by Crippen LogP contribution is -2.62. The third-order valence-electron chi connectivity index (χ3n) is 9.94. The van der Waals surface area contributed by atoms with Crippen LogP contribution in [0.1, 0.15) is 41.0 Å². The van der Waals surface area contributed by atoms with Gasteiger partial charge in [-0.3, -0.25) is 14.6 Å². The minimum atomic E-state index is -0.619. The number of para-hydroxylation sites is 1. The van der Waals surface area contributed by atoms with Crippen LogP contribution in [0.25, 0.3) is 10.9 Å². The van der Waals surface area contributed by atoms with E-state index in [0.717, 1.165) is 22.0 Å². The summed E-state index contributed by atoms with van der Waals surface area (Å²) in [5, 5.41) is 14.0. The summed E-state index contributed by atoms with van der Waals surface area (Å²) in [6.45, 7) is 1.39. The van der Waals surface area contributed by atoms with Crippen LogP contribution in [0.2, 0.25) is 0 Å². The first-order valence-electron chi connectivity index (χ1n) is 17.3. The highest BCUT2D eigenvalue weighted by Gasteiger charge is 2.44. The minimum Gasteiger partial charge on any atom is -0.508 e. The number of phenolic OH excluding ortho intramolecular Hbond substituents is 1. The summed E-state index contributed by atoms with van der Waals surface area (Å²) in [4.78, 5) is 51.8. The number of fused-ring (bicyclic) bond motifs is 2. The molecule has 2 fully saturated rings. The molecule has 0 saturated carbocycles. The van der Waals surface area contributed by atoms with Crippen molar-refractivity contribution in [2.24, 2.45) is 5.92 Å². The van der Waals surface area contributed by atoms with Crippen LogP contribution in [0.3, 0.4) is 0 Å². The molecular formula is C41H41N5O4. The standard InChI is InChI=1S/C41H41N5O4/c47-35-18-16-29(17-19-35)25-34-27-46-37(28-44(40(34)49)26-33-14-7-13-32-15-8-22-42-39(32)33)45(24-21-38(46)48)41(50)43-23-20-36(30-9-3-1-4-10-30)31-11-5-2-6-12-31/h1-19,22,34,36-37,47H,20-21,23-28H2,(H,43,50). The normalized spacial score (nSPS) is 17.9. The molecule has 2 N–H and O–H groups in total. The Balaban J connectivity index is 1.14. The number of aromatic nitrogens is 1. The van der Waals surface area contributed by atoms with E-state index >= 15 is 0 Å². The molecule has 0 aliphatic carbocycles. The van der Waals surface area contributed by atoms with Gasteiger partial charge in [-0.05, 0) is 53.3 Å². The fourth-order valence-electron chi connectivity index (χ4n) is 7.39. The highest BCUT2D eigenvalue weighted by molar-refractivity contribution is 5.86. The molecule has 9 heteroatoms. The van der Waals surface area contributed by atoms with Crippen LogP contribution >= 0.6 is 0 Å². The Morgan fingerprint density at radius 2 is 1.54 bits per heavy atom. The van der Waals surface area contributed by atoms with Crippen molar-refractivity contribution in [3.05, 3.63) is 144 Å². The van der Waals surface area contributed by atoms with Gasteiger partial charge in [0.25, 0.3) is 0 Å². The van der Waals surface area contributed by atoms with E-state index in [-0.39, 0.29) is 55.6 Å². The molecule has 2 unspecified atom stereocenters. The van der Waals surface area contributed by atoms with Crippen molar-refractivity contribution in [3.8, 4) is 5.75 Å². The maximum absolute atomic E-state index is 14.4. The SMILES string of the molecule is O=C1C(Cc2ccc(O)cc2)CN2C(=O)CCN(C(=O)NCCC(c3ccccc3)c3ccccc3)C2CN1Cc1cccc2cccnc12. The maximum atomic E-state index is 14.4. The lowest BCUT2D eigenvalue weighted by atomic mass is 9.88. The Hall–Kier alpha value is -5.70. The number of carbonyl (C=O) groups is 3. The Kier molecular flexibility index (Phi) is 9.73. The van der Waals surface area contributed by atoms with Crippen LogP contribution in [-0.2, 0) is 22.6 Å². The van der Waals surface area contributed by atoms with E-state index in [1.807, 2.05) is 66.7 Å². The van der Waals surface area contributed by atoms with Crippen molar-refractivity contribution >= 4 is 28.7 Å². The van der Waals surface area contributed by atoms with Crippen LogP contribution in [0.4, 0.5) is 4.79 Å². The lowest BCUT2D eigenvalue weighted by molar-refractivity contribution is -0.142. The van der Waals surface area contributed by atoms with Gasteiger partial charge in [-0.1, -0.05) is 97.1 Å². The van der Waals surface area contributed by atoms with Gasteiger partial charge in [-0.25, -0.2) is 4.79 Å². The molecule has 3 heterocycles. The number of benzene rings is 4. The molecule has 2 aliphatic heterocycles. The fourth-order valence-corrected chi connectivity index (χ4v) is 7.39. The number of hydrogen-bond acceptors (Lipinski definition) is 5. The van der Waals surface area contributed by atoms with E-state index in [0.29, 0.717) is 25.9 Å². The van der Waals surface area contributed by atoms with Crippen molar-refractivity contribution in [1.82, 2.24) is 25.0 Å². The molecule has 5 aromatic rings. The van der Waals surface area contributed by atoms with Crippen LogP contribution in [0, 0.1) is 5.92 Å². The predicted molar refractivity (Wildman–Crippen MR) is 192 cm³/mol. The number of aromatic hydroxyl groups is 1. The molecule has 50 heavy (non-hydrogen) atoms. The molecule has 2 aliphatic rings. The molecule has 1 aromatic heterocycles. The van der Waals surface area contributed by atoms with Crippen LogP contribution in [0.5, 0.6) is 5.75 Å². The summed E-state index contributed by atoms with van der Waals surface area (Å²) in [7, 11) is 0. The topological polar surface area (TPSA) is 106 Å². The second-order valence-corrected chi connectivity index (χ2v) is 13.1. The number of nitrogens with zero attached hydrogens (tertiary/aromatic N) is 4. The lowest BCUT2D eigenvalue weighted by Gasteiger charge is -2.43. The van der Waals surface area contributed by atoms with E-state index in [1.165, 1.54) is 11.1 Å². The number of amides is 4. The summed E-state index contributed by atoms with van der Waals surface area (Å²) in [6, 6.07) is 37.0. The van der Waals surface area contributed by atoms with Gasteiger partial charge in [-0.2, -0.15) is 0 Å². The van der Waals surface area contributed by atoms with Crippen LogP contribution < -0.4 is 5.32 Å². The van der Waals surface area contributed by atoms with Gasteiger partial charge in [0.2, 0.25) is 11.8 Å². The zero-order valence-corrected chi connectivity index (χ0v) is 27.9. The van der Waals surface area contributed by atoms with Gasteiger partial charge < -0.3 is 25.1 Å². The zero-order valence-electron chi connectivity index (χ0n) is 27.9. The van der Waals surface area contributed by atoms with Crippen molar-refractivity contribution in [2.45, 2.75) is 37.9 Å². The molecule has 0 bridgehead atoms. The number of phenols is 1. The highest BCUT2D eigenvalue weighted by Crippen LogP contribution is 2.30. The van der Waals surface area contributed by atoms with E-state index in [1.54, 1.807) is 45.2 Å². The molecular weight excluding hydrogens is 626 g/mol. The maximum Gasteiger partial charge on any atom is 0.319 e. The Bertz CT molecular complexity index is 1910. The van der Waals surface area contributed by atoms with Gasteiger partial charge in [0, 0.05) is 50.1 Å². The number of hydrogen-bond donors (Lipinski definition) is 2. The molecule has 0 radical (unpaired) electrons.